The molecule has 2 heterocycles. The van der Waals surface area contributed by atoms with Gasteiger partial charge in [-0.25, -0.2) is 0 Å². The average Bonchev–Trinajstić information content (AvgIpc) is 3.16. The molecule has 1 saturated carbocycles. The summed E-state index contributed by atoms with van der Waals surface area (Å²) in [5, 5.41) is 10.4. The molecule has 0 aromatic heterocycles. The lowest BCUT2D eigenvalue weighted by Crippen LogP contribution is -2.60. The normalized spacial score (nSPS) is 35.4. The second-order valence-electron chi connectivity index (χ2n) is 11.2. The third kappa shape index (κ3) is 3.26. The van der Waals surface area contributed by atoms with Crippen LogP contribution >= 0.6 is 39.1 Å². The number of benzene rings is 1. The Morgan fingerprint density at radius 3 is 2.32 bits per heavy atom. The summed E-state index contributed by atoms with van der Waals surface area (Å²) in [6.45, 7) is 5.41. The van der Waals surface area contributed by atoms with Gasteiger partial charge >= 0.3 is 0 Å². The topological polar surface area (TPSA) is 104 Å². The van der Waals surface area contributed by atoms with Crippen LogP contribution in [0.4, 0.5) is 0 Å². The molecule has 1 aromatic carbocycles. The highest BCUT2D eigenvalue weighted by Crippen LogP contribution is 2.65. The molecule has 2 aliphatic heterocycles. The second-order valence-corrected chi connectivity index (χ2v) is 13.3. The number of halogens is 3. The van der Waals surface area contributed by atoms with E-state index >= 15 is 0 Å². The predicted octanol–water partition coefficient (Wildman–Crippen LogP) is 3.95. The quantitative estimate of drug-likeness (QED) is 0.308. The lowest BCUT2D eigenvalue weighted by molar-refractivity contribution is -0.146. The monoisotopic (exact) mass is 612 g/mol. The zero-order chi connectivity index (χ0) is 27.4. The standard InChI is InChI=1S/C26H27BrCl2N2O6/c1-24(2,3)31-20(33)13-7-6-12-14(17(13)21(31)34)10-25(28)22(35)30(4)23(36)26(25,29)18(12)11-8-15(27)19(32)16(9-11)37-5/h6,8-9,13-14,17-18,32H,7,10H2,1-5H3. The van der Waals surface area contributed by atoms with Crippen molar-refractivity contribution in [2.75, 3.05) is 14.2 Å². The van der Waals surface area contributed by atoms with Crippen molar-refractivity contribution in [2.45, 2.75) is 54.8 Å². The molecule has 4 amide bonds. The van der Waals surface area contributed by atoms with Crippen LogP contribution in [0, 0.1) is 17.8 Å². The minimum atomic E-state index is -1.90. The highest BCUT2D eigenvalue weighted by atomic mass is 79.9. The summed E-state index contributed by atoms with van der Waals surface area (Å²) in [5.74, 6) is -4.70. The molecule has 11 heteroatoms. The fraction of sp³-hybridized carbons (Fsp3) is 0.538. The van der Waals surface area contributed by atoms with Crippen LogP contribution in [0.3, 0.4) is 0 Å². The fourth-order valence-corrected chi connectivity index (χ4v) is 8.17. The van der Waals surface area contributed by atoms with E-state index in [9.17, 15) is 24.3 Å². The lowest BCUT2D eigenvalue weighted by atomic mass is 9.56. The molecule has 37 heavy (non-hydrogen) atoms. The van der Waals surface area contributed by atoms with Gasteiger partial charge in [0, 0.05) is 18.5 Å². The molecule has 4 aliphatic rings. The number of hydrogen-bond donors (Lipinski definition) is 1. The molecule has 3 fully saturated rings. The number of carbonyl (C=O) groups is 4. The van der Waals surface area contributed by atoms with Crippen LogP contribution in [-0.2, 0) is 19.2 Å². The van der Waals surface area contributed by atoms with Crippen molar-refractivity contribution in [1.82, 2.24) is 9.80 Å². The Labute approximate surface area is 233 Å². The molecular formula is C26H27BrCl2N2O6. The highest BCUT2D eigenvalue weighted by molar-refractivity contribution is 9.10. The van der Waals surface area contributed by atoms with Gasteiger partial charge in [-0.3, -0.25) is 29.0 Å². The van der Waals surface area contributed by atoms with E-state index in [4.69, 9.17) is 27.9 Å². The Morgan fingerprint density at radius 1 is 1.08 bits per heavy atom. The first-order chi connectivity index (χ1) is 17.1. The number of phenolic OH excluding ortho intramolecular Hbond substituents is 1. The van der Waals surface area contributed by atoms with Crippen molar-refractivity contribution in [3.8, 4) is 11.5 Å². The molecule has 2 aliphatic carbocycles. The third-order valence-electron chi connectivity index (χ3n) is 8.29. The smallest absolute Gasteiger partial charge is 0.253 e. The number of fused-ring (bicyclic) bond motifs is 4. The summed E-state index contributed by atoms with van der Waals surface area (Å²) in [6, 6.07) is 3.17. The van der Waals surface area contributed by atoms with Crippen LogP contribution in [-0.4, -0.2) is 68.0 Å². The first-order valence-corrected chi connectivity index (χ1v) is 13.5. The molecule has 6 unspecified atom stereocenters. The Bertz CT molecular complexity index is 1310. The van der Waals surface area contributed by atoms with Gasteiger partial charge < -0.3 is 9.84 Å². The summed E-state index contributed by atoms with van der Waals surface area (Å²) in [7, 11) is 2.73. The molecule has 0 radical (unpaired) electrons. The number of amides is 4. The van der Waals surface area contributed by atoms with Crippen LogP contribution in [0.5, 0.6) is 11.5 Å². The van der Waals surface area contributed by atoms with Gasteiger partial charge in [-0.1, -0.05) is 11.6 Å². The minimum Gasteiger partial charge on any atom is -0.503 e. The lowest BCUT2D eigenvalue weighted by Gasteiger charge is -2.50. The van der Waals surface area contributed by atoms with E-state index in [1.165, 1.54) is 19.1 Å². The number of carbonyl (C=O) groups excluding carboxylic acids is 4. The Kier molecular flexibility index (Phi) is 5.87. The minimum absolute atomic E-state index is 0.0656. The maximum Gasteiger partial charge on any atom is 0.253 e. The van der Waals surface area contributed by atoms with Crippen LogP contribution in [0.1, 0.15) is 45.1 Å². The van der Waals surface area contributed by atoms with Gasteiger partial charge in [-0.05, 0) is 73.2 Å². The first-order valence-electron chi connectivity index (χ1n) is 12.0. The van der Waals surface area contributed by atoms with Crippen LogP contribution < -0.4 is 4.74 Å². The number of allylic oxidation sites excluding steroid dienone is 2. The van der Waals surface area contributed by atoms with Crippen LogP contribution in [0.2, 0.25) is 0 Å². The molecule has 198 valence electrons. The van der Waals surface area contributed by atoms with E-state index < -0.39 is 50.8 Å². The number of imide groups is 2. The number of hydrogen-bond acceptors (Lipinski definition) is 6. The predicted molar refractivity (Wildman–Crippen MR) is 139 cm³/mol. The van der Waals surface area contributed by atoms with Gasteiger partial charge in [-0.15, -0.1) is 23.2 Å². The van der Waals surface area contributed by atoms with Crippen molar-refractivity contribution in [1.29, 1.82) is 0 Å². The van der Waals surface area contributed by atoms with E-state index in [2.05, 4.69) is 15.9 Å². The van der Waals surface area contributed by atoms with Crippen LogP contribution in [0.15, 0.2) is 28.3 Å². The third-order valence-corrected chi connectivity index (χ3v) is 10.3. The molecule has 1 aromatic rings. The zero-order valence-corrected chi connectivity index (χ0v) is 24.1. The molecule has 0 bridgehead atoms. The van der Waals surface area contributed by atoms with Gasteiger partial charge in [0.15, 0.2) is 21.2 Å². The van der Waals surface area contributed by atoms with Crippen molar-refractivity contribution in [3.63, 3.8) is 0 Å². The van der Waals surface area contributed by atoms with Crippen molar-refractivity contribution in [3.05, 3.63) is 33.8 Å². The summed E-state index contributed by atoms with van der Waals surface area (Å²) >= 11 is 17.6. The zero-order valence-electron chi connectivity index (χ0n) is 21.0. The molecule has 6 atom stereocenters. The number of phenols is 1. The maximum atomic E-state index is 13.8. The van der Waals surface area contributed by atoms with Gasteiger partial charge in [0.05, 0.1) is 23.4 Å². The molecular weight excluding hydrogens is 587 g/mol. The van der Waals surface area contributed by atoms with E-state index in [-0.39, 0.29) is 29.7 Å². The summed E-state index contributed by atoms with van der Waals surface area (Å²) < 4.78 is 5.64. The molecule has 2 saturated heterocycles. The van der Waals surface area contributed by atoms with E-state index in [0.29, 0.717) is 22.0 Å². The second kappa shape index (κ2) is 8.20. The Morgan fingerprint density at radius 2 is 1.73 bits per heavy atom. The van der Waals surface area contributed by atoms with Gasteiger partial charge in [0.1, 0.15) is 0 Å². The van der Waals surface area contributed by atoms with Gasteiger partial charge in [-0.2, -0.15) is 0 Å². The van der Waals surface area contributed by atoms with Crippen molar-refractivity contribution >= 4 is 62.8 Å². The number of rotatable bonds is 2. The maximum absolute atomic E-state index is 13.8. The number of methoxy groups -OCH3 is 1. The summed E-state index contributed by atoms with van der Waals surface area (Å²) in [6.07, 6.45) is 2.10. The molecule has 1 N–H and O–H groups in total. The van der Waals surface area contributed by atoms with Crippen molar-refractivity contribution < 1.29 is 29.0 Å². The fourth-order valence-electron chi connectivity index (χ4n) is 6.70. The number of alkyl halides is 2. The van der Waals surface area contributed by atoms with E-state index in [1.54, 1.807) is 32.9 Å². The molecule has 0 spiro atoms. The Balaban J connectivity index is 1.75. The van der Waals surface area contributed by atoms with E-state index in [0.717, 1.165) is 4.90 Å². The number of aromatic hydroxyl groups is 1. The van der Waals surface area contributed by atoms with Gasteiger partial charge in [0.25, 0.3) is 11.8 Å². The average molecular weight is 614 g/mol. The largest absolute Gasteiger partial charge is 0.503 e. The van der Waals surface area contributed by atoms with Gasteiger partial charge in [0.2, 0.25) is 11.8 Å². The summed E-state index contributed by atoms with van der Waals surface area (Å²) in [4.78, 5) is 52.7. The van der Waals surface area contributed by atoms with Crippen LogP contribution in [0.25, 0.3) is 0 Å². The first kappa shape index (κ1) is 26.5. The molecule has 8 nitrogen and oxygen atoms in total. The Hall–Kier alpha value is -2.10. The SMILES string of the molecule is COc1cc(C2C3=CCC4C(=O)N(C(C)(C)C)C(=O)C4C3CC3(Cl)C(=O)N(C)C(=O)C23Cl)cc(Br)c1O. The van der Waals surface area contributed by atoms with Crippen molar-refractivity contribution in [2.24, 2.45) is 17.8 Å². The summed E-state index contributed by atoms with van der Waals surface area (Å²) in [5.41, 5.74) is 0.445. The number of ether oxygens (including phenoxy) is 1. The number of likely N-dealkylation sites (tertiary alicyclic amines) is 2. The van der Waals surface area contributed by atoms with E-state index in [1.807, 2.05) is 6.08 Å². The molecule has 5 rings (SSSR count). The number of nitrogens with zero attached hydrogens (tertiary/aromatic N) is 2. The highest BCUT2D eigenvalue weighted by Gasteiger charge is 2.76.